The molecule has 6 heteroatoms. The van der Waals surface area contributed by atoms with Gasteiger partial charge in [-0.1, -0.05) is 12.1 Å². The van der Waals surface area contributed by atoms with Crippen molar-refractivity contribution >= 4 is 5.78 Å². The van der Waals surface area contributed by atoms with Gasteiger partial charge in [0.25, 0.3) is 0 Å². The van der Waals surface area contributed by atoms with Crippen molar-refractivity contribution in [3.05, 3.63) is 35.7 Å². The number of halogens is 2. The Bertz CT molecular complexity index is 590. The molecule has 1 unspecified atom stereocenters. The van der Waals surface area contributed by atoms with Crippen molar-refractivity contribution in [2.75, 3.05) is 0 Å². The molecule has 0 aliphatic heterocycles. The molecule has 1 atom stereocenters. The maximum absolute atomic E-state index is 13.1. The van der Waals surface area contributed by atoms with Crippen LogP contribution in [0.5, 0.6) is 0 Å². The number of nitrogens with zero attached hydrogens (tertiary/aromatic N) is 2. The van der Waals surface area contributed by atoms with Gasteiger partial charge in [-0.15, -0.1) is 0 Å². The average Bonchev–Trinajstić information content (AvgIpc) is 2.77. The van der Waals surface area contributed by atoms with E-state index in [4.69, 9.17) is 4.52 Å². The van der Waals surface area contributed by atoms with Crippen molar-refractivity contribution in [2.45, 2.75) is 26.2 Å². The Morgan fingerprint density at radius 2 is 1.95 bits per heavy atom. The van der Waals surface area contributed by atoms with Crippen molar-refractivity contribution in [2.24, 2.45) is 0 Å². The van der Waals surface area contributed by atoms with Crippen molar-refractivity contribution in [3.8, 4) is 11.4 Å². The minimum Gasteiger partial charge on any atom is -0.338 e. The summed E-state index contributed by atoms with van der Waals surface area (Å²) < 4.78 is 31.2. The normalized spacial score (nSPS) is 12.4. The van der Waals surface area contributed by atoms with Crippen LogP contribution in [0.3, 0.4) is 0 Å². The first-order chi connectivity index (χ1) is 9.01. The monoisotopic (exact) mass is 266 g/mol. The number of Topliss-reactive ketones (excluding diaryl/α,β-unsaturated/α-hetero) is 1. The van der Waals surface area contributed by atoms with E-state index in [0.717, 1.165) is 18.2 Å². The number of hydrogen-bond acceptors (Lipinski definition) is 4. The Balaban J connectivity index is 2.37. The van der Waals surface area contributed by atoms with E-state index in [1.54, 1.807) is 0 Å². The van der Waals surface area contributed by atoms with Gasteiger partial charge in [0, 0.05) is 11.6 Å². The van der Waals surface area contributed by atoms with Gasteiger partial charge in [-0.25, -0.2) is 8.78 Å². The zero-order valence-corrected chi connectivity index (χ0v) is 10.5. The van der Waals surface area contributed by atoms with Gasteiger partial charge >= 0.3 is 0 Å². The predicted molar refractivity (Wildman–Crippen MR) is 63.4 cm³/mol. The summed E-state index contributed by atoms with van der Waals surface area (Å²) in [4.78, 5) is 15.4. The summed E-state index contributed by atoms with van der Waals surface area (Å²) in [6, 6.07) is 2.97. The molecule has 0 radical (unpaired) electrons. The summed E-state index contributed by atoms with van der Waals surface area (Å²) in [7, 11) is 0. The van der Waals surface area contributed by atoms with E-state index >= 15 is 0 Å². The van der Waals surface area contributed by atoms with Crippen LogP contribution in [0.2, 0.25) is 0 Å². The smallest absolute Gasteiger partial charge is 0.237 e. The summed E-state index contributed by atoms with van der Waals surface area (Å²) in [5, 5.41) is 3.65. The molecular formula is C13H12F2N2O2. The second-order valence-electron chi connectivity index (χ2n) is 4.19. The van der Waals surface area contributed by atoms with Gasteiger partial charge in [-0.2, -0.15) is 4.98 Å². The molecule has 0 saturated heterocycles. The minimum atomic E-state index is -0.722. The summed E-state index contributed by atoms with van der Waals surface area (Å²) in [6.07, 6.45) is 0.522. The van der Waals surface area contributed by atoms with E-state index in [-0.39, 0.29) is 23.1 Å². The number of aromatic nitrogens is 2. The SMILES string of the molecule is CCC(C(C)=O)c1nc(-c2cc(F)cc(F)c2)no1. The highest BCUT2D eigenvalue weighted by Gasteiger charge is 2.22. The lowest BCUT2D eigenvalue weighted by molar-refractivity contribution is -0.119. The number of rotatable bonds is 4. The van der Waals surface area contributed by atoms with Gasteiger partial charge in [-0.3, -0.25) is 4.79 Å². The third-order valence-electron chi connectivity index (χ3n) is 2.76. The molecule has 2 aromatic rings. The van der Waals surface area contributed by atoms with E-state index in [1.807, 2.05) is 6.92 Å². The molecule has 0 aliphatic rings. The fraction of sp³-hybridized carbons (Fsp3) is 0.308. The zero-order chi connectivity index (χ0) is 14.0. The molecule has 0 N–H and O–H groups in total. The lowest BCUT2D eigenvalue weighted by Crippen LogP contribution is -2.07. The van der Waals surface area contributed by atoms with Crippen LogP contribution in [-0.2, 0) is 4.79 Å². The molecule has 0 bridgehead atoms. The molecule has 1 aromatic carbocycles. The third kappa shape index (κ3) is 2.83. The molecule has 1 heterocycles. The van der Waals surface area contributed by atoms with Gasteiger partial charge in [0.1, 0.15) is 17.4 Å². The van der Waals surface area contributed by atoms with Gasteiger partial charge in [-0.05, 0) is 25.5 Å². The second kappa shape index (κ2) is 5.26. The van der Waals surface area contributed by atoms with Gasteiger partial charge < -0.3 is 4.52 Å². The predicted octanol–water partition coefficient (Wildman–Crippen LogP) is 3.10. The van der Waals surface area contributed by atoms with Crippen LogP contribution in [0.25, 0.3) is 11.4 Å². The number of ketones is 1. The molecule has 0 aliphatic carbocycles. The standard InChI is InChI=1S/C13H12F2N2O2/c1-3-11(7(2)18)13-16-12(17-19-13)8-4-9(14)6-10(15)5-8/h4-6,11H,3H2,1-2H3. The Labute approximate surface area is 108 Å². The second-order valence-corrected chi connectivity index (χ2v) is 4.19. The fourth-order valence-corrected chi connectivity index (χ4v) is 1.81. The quantitative estimate of drug-likeness (QED) is 0.853. The van der Waals surface area contributed by atoms with Crippen LogP contribution in [0.4, 0.5) is 8.78 Å². The van der Waals surface area contributed by atoms with E-state index in [2.05, 4.69) is 10.1 Å². The third-order valence-corrected chi connectivity index (χ3v) is 2.76. The molecule has 0 saturated carbocycles. The zero-order valence-electron chi connectivity index (χ0n) is 10.5. The Kier molecular flexibility index (Phi) is 3.69. The maximum Gasteiger partial charge on any atom is 0.237 e. The van der Waals surface area contributed by atoms with Crippen molar-refractivity contribution in [3.63, 3.8) is 0 Å². The van der Waals surface area contributed by atoms with Crippen molar-refractivity contribution in [1.82, 2.24) is 10.1 Å². The molecule has 4 nitrogen and oxygen atoms in total. The summed E-state index contributed by atoms with van der Waals surface area (Å²) in [6.45, 7) is 3.25. The van der Waals surface area contributed by atoms with Crippen LogP contribution in [0.1, 0.15) is 32.1 Å². The van der Waals surface area contributed by atoms with E-state index in [0.29, 0.717) is 6.42 Å². The number of carbonyl (C=O) groups is 1. The first-order valence-corrected chi connectivity index (χ1v) is 5.81. The lowest BCUT2D eigenvalue weighted by atomic mass is 10.0. The Morgan fingerprint density at radius 3 is 2.47 bits per heavy atom. The van der Waals surface area contributed by atoms with Gasteiger partial charge in [0.2, 0.25) is 11.7 Å². The van der Waals surface area contributed by atoms with Crippen molar-refractivity contribution in [1.29, 1.82) is 0 Å². The summed E-state index contributed by atoms with van der Waals surface area (Å²) in [5.41, 5.74) is 0.172. The highest BCUT2D eigenvalue weighted by molar-refractivity contribution is 5.82. The molecule has 1 aromatic heterocycles. The first-order valence-electron chi connectivity index (χ1n) is 5.81. The van der Waals surface area contributed by atoms with Crippen LogP contribution >= 0.6 is 0 Å². The van der Waals surface area contributed by atoms with Crippen LogP contribution < -0.4 is 0 Å². The van der Waals surface area contributed by atoms with E-state index < -0.39 is 17.6 Å². The van der Waals surface area contributed by atoms with E-state index in [1.165, 1.54) is 6.92 Å². The molecule has 19 heavy (non-hydrogen) atoms. The highest BCUT2D eigenvalue weighted by atomic mass is 19.1. The summed E-state index contributed by atoms with van der Waals surface area (Å²) in [5.74, 6) is -1.80. The fourth-order valence-electron chi connectivity index (χ4n) is 1.81. The largest absolute Gasteiger partial charge is 0.338 e. The molecule has 0 fully saturated rings. The van der Waals surface area contributed by atoms with Gasteiger partial charge in [0.05, 0.1) is 5.92 Å². The summed E-state index contributed by atoms with van der Waals surface area (Å²) >= 11 is 0. The molecule has 0 spiro atoms. The van der Waals surface area contributed by atoms with Crippen LogP contribution in [-0.4, -0.2) is 15.9 Å². The Hall–Kier alpha value is -2.11. The molecule has 2 rings (SSSR count). The van der Waals surface area contributed by atoms with Crippen molar-refractivity contribution < 1.29 is 18.1 Å². The number of benzene rings is 1. The topological polar surface area (TPSA) is 56.0 Å². The van der Waals surface area contributed by atoms with E-state index in [9.17, 15) is 13.6 Å². The van der Waals surface area contributed by atoms with Crippen LogP contribution in [0, 0.1) is 11.6 Å². The molecule has 100 valence electrons. The first kappa shape index (κ1) is 13.3. The maximum atomic E-state index is 13.1. The lowest BCUT2D eigenvalue weighted by Gasteiger charge is -2.03. The molecule has 0 amide bonds. The number of carbonyl (C=O) groups excluding carboxylic acids is 1. The number of hydrogen-bond donors (Lipinski definition) is 0. The molecular weight excluding hydrogens is 254 g/mol. The van der Waals surface area contributed by atoms with Crippen LogP contribution in [0.15, 0.2) is 22.7 Å². The average molecular weight is 266 g/mol. The van der Waals surface area contributed by atoms with Gasteiger partial charge in [0.15, 0.2) is 0 Å². The highest BCUT2D eigenvalue weighted by Crippen LogP contribution is 2.23. The minimum absolute atomic E-state index is 0.0631. The Morgan fingerprint density at radius 1 is 1.32 bits per heavy atom.